The molecule has 3 aromatic carbocycles. The molecule has 0 saturated heterocycles. The molecule has 0 aliphatic carbocycles. The first-order chi connectivity index (χ1) is 17.5. The third kappa shape index (κ3) is 5.09. The fourth-order valence-electron chi connectivity index (χ4n) is 4.98. The fraction of sp³-hybridized carbons (Fsp3) is 0.267. The van der Waals surface area contributed by atoms with Crippen molar-refractivity contribution in [2.75, 3.05) is 18.4 Å². The fourth-order valence-corrected chi connectivity index (χ4v) is 4.98. The van der Waals surface area contributed by atoms with Gasteiger partial charge >= 0.3 is 0 Å². The maximum absolute atomic E-state index is 13.6. The predicted octanol–water partition coefficient (Wildman–Crippen LogP) is 6.18. The van der Waals surface area contributed by atoms with Crippen molar-refractivity contribution in [3.8, 4) is 11.3 Å². The van der Waals surface area contributed by atoms with Crippen LogP contribution in [0.3, 0.4) is 0 Å². The summed E-state index contributed by atoms with van der Waals surface area (Å²) < 4.78 is 15.9. The van der Waals surface area contributed by atoms with Gasteiger partial charge < -0.3 is 14.7 Å². The van der Waals surface area contributed by atoms with Crippen LogP contribution in [-0.4, -0.2) is 33.8 Å². The van der Waals surface area contributed by atoms with Gasteiger partial charge in [-0.1, -0.05) is 55.0 Å². The molecule has 1 aliphatic rings. The smallest absolute Gasteiger partial charge is 0.138 e. The van der Waals surface area contributed by atoms with Gasteiger partial charge in [0.05, 0.1) is 6.54 Å². The van der Waals surface area contributed by atoms with Crippen LogP contribution < -0.4 is 5.32 Å². The van der Waals surface area contributed by atoms with Crippen LogP contribution >= 0.6 is 0 Å². The van der Waals surface area contributed by atoms with Crippen LogP contribution in [0.15, 0.2) is 78.9 Å². The third-order valence-electron chi connectivity index (χ3n) is 6.97. The maximum atomic E-state index is 13.6. The molecule has 0 radical (unpaired) electrons. The monoisotopic (exact) mass is 482 g/mol. The molecule has 0 amide bonds. The van der Waals surface area contributed by atoms with E-state index in [0.717, 1.165) is 60.1 Å². The number of rotatable bonds is 8. The lowest BCUT2D eigenvalue weighted by molar-refractivity contribution is -0.110. The van der Waals surface area contributed by atoms with E-state index in [1.165, 1.54) is 17.7 Å². The number of aryl methyl sites for hydroxylation is 1. The van der Waals surface area contributed by atoms with Gasteiger partial charge in [0.1, 0.15) is 29.4 Å². The average molecular weight is 483 g/mol. The first kappa shape index (κ1) is 23.9. The number of imidazole rings is 1. The molecule has 0 saturated carbocycles. The largest absolute Gasteiger partial charge is 0.340 e. The Balaban J connectivity index is 1.41. The van der Waals surface area contributed by atoms with E-state index in [2.05, 4.69) is 52.9 Å². The molecule has 1 aliphatic heterocycles. The van der Waals surface area contributed by atoms with E-state index in [1.807, 2.05) is 30.3 Å². The molecule has 5 nitrogen and oxygen atoms in total. The zero-order valence-electron chi connectivity index (χ0n) is 20.7. The summed E-state index contributed by atoms with van der Waals surface area (Å²) in [5, 5.41) is 3.57. The Morgan fingerprint density at radius 3 is 2.42 bits per heavy atom. The van der Waals surface area contributed by atoms with Gasteiger partial charge in [-0.05, 0) is 54.8 Å². The summed E-state index contributed by atoms with van der Waals surface area (Å²) in [6, 6.07) is 24.8. The SMILES string of the molecule is Cc1ccc(Nc2c(-c3ccc(F)cc3)nc3n2CCN(CC(C)C(C=O)c2ccccc2)C3)cc1. The van der Waals surface area contributed by atoms with E-state index in [-0.39, 0.29) is 17.7 Å². The zero-order valence-corrected chi connectivity index (χ0v) is 20.7. The van der Waals surface area contributed by atoms with E-state index < -0.39 is 0 Å². The molecule has 6 heteroatoms. The van der Waals surface area contributed by atoms with Crippen molar-refractivity contribution in [3.63, 3.8) is 0 Å². The molecule has 184 valence electrons. The second-order valence-electron chi connectivity index (χ2n) is 9.66. The molecule has 2 atom stereocenters. The van der Waals surface area contributed by atoms with Crippen molar-refractivity contribution in [3.05, 3.63) is 102 Å². The molecule has 2 heterocycles. The number of hydrogen-bond donors (Lipinski definition) is 1. The minimum atomic E-state index is -0.265. The summed E-state index contributed by atoms with van der Waals surface area (Å²) in [6.07, 6.45) is 1.07. The topological polar surface area (TPSA) is 50.2 Å². The summed E-state index contributed by atoms with van der Waals surface area (Å²) >= 11 is 0. The molecule has 36 heavy (non-hydrogen) atoms. The Bertz CT molecular complexity index is 1320. The molecular weight excluding hydrogens is 451 g/mol. The quantitative estimate of drug-likeness (QED) is 0.305. The van der Waals surface area contributed by atoms with Crippen molar-refractivity contribution in [1.82, 2.24) is 14.5 Å². The van der Waals surface area contributed by atoms with Crippen molar-refractivity contribution in [1.29, 1.82) is 0 Å². The number of nitrogens with zero attached hydrogens (tertiary/aromatic N) is 3. The number of aromatic nitrogens is 2. The molecule has 1 N–H and O–H groups in total. The van der Waals surface area contributed by atoms with Gasteiger partial charge in [-0.2, -0.15) is 0 Å². The van der Waals surface area contributed by atoms with Gasteiger partial charge in [-0.3, -0.25) is 4.90 Å². The van der Waals surface area contributed by atoms with E-state index in [0.29, 0.717) is 6.54 Å². The van der Waals surface area contributed by atoms with Gasteiger partial charge in [-0.15, -0.1) is 0 Å². The van der Waals surface area contributed by atoms with Crippen LogP contribution in [0.5, 0.6) is 0 Å². The van der Waals surface area contributed by atoms with Crippen molar-refractivity contribution < 1.29 is 9.18 Å². The number of aldehydes is 1. The summed E-state index contributed by atoms with van der Waals surface area (Å²) in [5.41, 5.74) is 4.93. The van der Waals surface area contributed by atoms with Gasteiger partial charge in [0.15, 0.2) is 0 Å². The van der Waals surface area contributed by atoms with Gasteiger partial charge in [0, 0.05) is 36.8 Å². The lowest BCUT2D eigenvalue weighted by Gasteiger charge is -2.32. The van der Waals surface area contributed by atoms with Gasteiger partial charge in [0.2, 0.25) is 0 Å². The van der Waals surface area contributed by atoms with Gasteiger partial charge in [0.25, 0.3) is 0 Å². The van der Waals surface area contributed by atoms with Crippen molar-refractivity contribution >= 4 is 17.8 Å². The number of anilines is 2. The highest BCUT2D eigenvalue weighted by Crippen LogP contribution is 2.34. The Kier molecular flexibility index (Phi) is 6.96. The second-order valence-corrected chi connectivity index (χ2v) is 9.66. The number of hydrogen-bond acceptors (Lipinski definition) is 4. The van der Waals surface area contributed by atoms with E-state index in [9.17, 15) is 9.18 Å². The number of benzene rings is 3. The minimum Gasteiger partial charge on any atom is -0.340 e. The van der Waals surface area contributed by atoms with Crippen molar-refractivity contribution in [2.45, 2.75) is 32.9 Å². The highest BCUT2D eigenvalue weighted by molar-refractivity contribution is 5.76. The summed E-state index contributed by atoms with van der Waals surface area (Å²) in [6.45, 7) is 7.34. The standard InChI is InChI=1S/C30H31FN4O/c1-21-8-14-26(15-9-21)32-30-29(24-10-12-25(31)13-11-24)33-28-19-34(16-17-35(28)30)18-22(2)27(20-36)23-6-4-3-5-7-23/h3-15,20,22,27,32H,16-19H2,1-2H3. The maximum Gasteiger partial charge on any atom is 0.138 e. The van der Waals surface area contributed by atoms with Crippen molar-refractivity contribution in [2.24, 2.45) is 5.92 Å². The van der Waals surface area contributed by atoms with Crippen LogP contribution in [0.2, 0.25) is 0 Å². The zero-order chi connectivity index (χ0) is 25.1. The molecule has 5 rings (SSSR count). The molecule has 0 fully saturated rings. The van der Waals surface area contributed by atoms with E-state index >= 15 is 0 Å². The molecule has 1 aromatic heterocycles. The minimum absolute atomic E-state index is 0.138. The Hall–Kier alpha value is -3.77. The van der Waals surface area contributed by atoms with E-state index in [4.69, 9.17) is 4.98 Å². The summed E-state index contributed by atoms with van der Waals surface area (Å²) in [4.78, 5) is 19.3. The van der Waals surface area contributed by atoms with Crippen LogP contribution in [-0.2, 0) is 17.9 Å². The summed E-state index contributed by atoms with van der Waals surface area (Å²) in [7, 11) is 0. The number of nitrogens with one attached hydrogen (secondary N) is 1. The third-order valence-corrected chi connectivity index (χ3v) is 6.97. The van der Waals surface area contributed by atoms with Crippen LogP contribution in [0.1, 0.15) is 29.8 Å². The molecule has 0 spiro atoms. The molecule has 4 aromatic rings. The number of carbonyl (C=O) groups excluding carboxylic acids is 1. The highest BCUT2D eigenvalue weighted by Gasteiger charge is 2.27. The van der Waals surface area contributed by atoms with Crippen LogP contribution in [0, 0.1) is 18.7 Å². The Morgan fingerprint density at radius 2 is 1.72 bits per heavy atom. The molecule has 2 unspecified atom stereocenters. The van der Waals surface area contributed by atoms with Gasteiger partial charge in [-0.25, -0.2) is 9.37 Å². The first-order valence-corrected chi connectivity index (χ1v) is 12.4. The van der Waals surface area contributed by atoms with Crippen LogP contribution in [0.4, 0.5) is 15.9 Å². The molecular formula is C30H31FN4O. The Labute approximate surface area is 211 Å². The highest BCUT2D eigenvalue weighted by atomic mass is 19.1. The lowest BCUT2D eigenvalue weighted by Crippen LogP contribution is -2.38. The number of carbonyl (C=O) groups is 1. The predicted molar refractivity (Wildman–Crippen MR) is 142 cm³/mol. The summed E-state index contributed by atoms with van der Waals surface area (Å²) in [5.74, 6) is 1.65. The number of halogens is 1. The normalized spacial score (nSPS) is 15.2. The molecule has 0 bridgehead atoms. The Morgan fingerprint density at radius 1 is 1.00 bits per heavy atom. The second kappa shape index (κ2) is 10.5. The lowest BCUT2D eigenvalue weighted by atomic mass is 9.88. The van der Waals surface area contributed by atoms with E-state index in [1.54, 1.807) is 12.1 Å². The first-order valence-electron chi connectivity index (χ1n) is 12.4. The van der Waals surface area contributed by atoms with Crippen LogP contribution in [0.25, 0.3) is 11.3 Å². The average Bonchev–Trinajstić information content (AvgIpc) is 3.24. The number of fused-ring (bicyclic) bond motifs is 1.